The van der Waals surface area contributed by atoms with Crippen LogP contribution < -0.4 is 5.32 Å². The SMILES string of the molecule is CC(=O)N1CCC(C(=O)Nc2ccc(F)c(C)c2)CC1. The highest BCUT2D eigenvalue weighted by atomic mass is 19.1. The van der Waals surface area contributed by atoms with Crippen molar-refractivity contribution in [1.82, 2.24) is 4.90 Å². The third-order valence-corrected chi connectivity index (χ3v) is 3.74. The fourth-order valence-electron chi connectivity index (χ4n) is 2.42. The number of rotatable bonds is 2. The summed E-state index contributed by atoms with van der Waals surface area (Å²) in [6.07, 6.45) is 1.34. The number of halogens is 1. The van der Waals surface area contributed by atoms with Gasteiger partial charge in [-0.25, -0.2) is 4.39 Å². The van der Waals surface area contributed by atoms with Crippen molar-refractivity contribution < 1.29 is 14.0 Å². The highest BCUT2D eigenvalue weighted by Crippen LogP contribution is 2.20. The van der Waals surface area contributed by atoms with Gasteiger partial charge >= 0.3 is 0 Å². The minimum atomic E-state index is -0.280. The third-order valence-electron chi connectivity index (χ3n) is 3.74. The lowest BCUT2D eigenvalue weighted by atomic mass is 9.95. The summed E-state index contributed by atoms with van der Waals surface area (Å²) in [5, 5.41) is 2.81. The van der Waals surface area contributed by atoms with E-state index in [0.29, 0.717) is 37.2 Å². The van der Waals surface area contributed by atoms with Crippen molar-refractivity contribution >= 4 is 17.5 Å². The number of likely N-dealkylation sites (tertiary alicyclic amines) is 1. The summed E-state index contributed by atoms with van der Waals surface area (Å²) in [6, 6.07) is 4.53. The van der Waals surface area contributed by atoms with E-state index in [0.717, 1.165) is 0 Å². The molecular weight excluding hydrogens is 259 g/mol. The van der Waals surface area contributed by atoms with Gasteiger partial charge in [-0.05, 0) is 43.5 Å². The van der Waals surface area contributed by atoms with Crippen molar-refractivity contribution in [2.24, 2.45) is 5.92 Å². The molecule has 1 heterocycles. The normalized spacial score (nSPS) is 16.1. The van der Waals surface area contributed by atoms with Crippen molar-refractivity contribution in [2.75, 3.05) is 18.4 Å². The molecule has 1 N–H and O–H groups in total. The van der Waals surface area contributed by atoms with Gasteiger partial charge in [0.25, 0.3) is 0 Å². The monoisotopic (exact) mass is 278 g/mol. The molecule has 0 aliphatic carbocycles. The van der Waals surface area contributed by atoms with Crippen molar-refractivity contribution in [3.8, 4) is 0 Å². The van der Waals surface area contributed by atoms with Gasteiger partial charge in [-0.3, -0.25) is 9.59 Å². The number of amides is 2. The summed E-state index contributed by atoms with van der Waals surface area (Å²) in [4.78, 5) is 25.1. The van der Waals surface area contributed by atoms with Crippen LogP contribution in [0.1, 0.15) is 25.3 Å². The van der Waals surface area contributed by atoms with Crippen LogP contribution in [0.15, 0.2) is 18.2 Å². The Morgan fingerprint density at radius 3 is 2.50 bits per heavy atom. The fourth-order valence-corrected chi connectivity index (χ4v) is 2.42. The predicted molar refractivity (Wildman–Crippen MR) is 74.7 cm³/mol. The Morgan fingerprint density at radius 2 is 1.95 bits per heavy atom. The zero-order chi connectivity index (χ0) is 14.7. The van der Waals surface area contributed by atoms with Crippen molar-refractivity contribution in [3.63, 3.8) is 0 Å². The van der Waals surface area contributed by atoms with Gasteiger partial charge in [0.15, 0.2) is 0 Å². The van der Waals surface area contributed by atoms with E-state index >= 15 is 0 Å². The number of hydrogen-bond donors (Lipinski definition) is 1. The second kappa shape index (κ2) is 6.03. The van der Waals surface area contributed by atoms with E-state index in [2.05, 4.69) is 5.32 Å². The molecule has 1 aromatic rings. The minimum absolute atomic E-state index is 0.0537. The van der Waals surface area contributed by atoms with Gasteiger partial charge in [0.2, 0.25) is 11.8 Å². The molecule has 0 saturated carbocycles. The third kappa shape index (κ3) is 3.35. The lowest BCUT2D eigenvalue weighted by molar-refractivity contribution is -0.132. The molecule has 0 bridgehead atoms. The molecule has 0 aromatic heterocycles. The summed E-state index contributed by atoms with van der Waals surface area (Å²) in [6.45, 7) is 4.45. The summed E-state index contributed by atoms with van der Waals surface area (Å²) >= 11 is 0. The van der Waals surface area contributed by atoms with Gasteiger partial charge in [-0.2, -0.15) is 0 Å². The molecular formula is C15H19FN2O2. The van der Waals surface area contributed by atoms with Crippen LogP contribution >= 0.6 is 0 Å². The molecule has 108 valence electrons. The maximum Gasteiger partial charge on any atom is 0.227 e. The molecule has 1 fully saturated rings. The number of nitrogens with one attached hydrogen (secondary N) is 1. The van der Waals surface area contributed by atoms with E-state index in [1.165, 1.54) is 6.07 Å². The lowest BCUT2D eigenvalue weighted by Crippen LogP contribution is -2.40. The molecule has 4 nitrogen and oxygen atoms in total. The molecule has 2 amide bonds. The predicted octanol–water partition coefficient (Wildman–Crippen LogP) is 2.33. The van der Waals surface area contributed by atoms with E-state index in [1.807, 2.05) is 0 Å². The van der Waals surface area contributed by atoms with E-state index in [4.69, 9.17) is 0 Å². The summed E-state index contributed by atoms with van der Waals surface area (Å²) in [7, 11) is 0. The Labute approximate surface area is 118 Å². The van der Waals surface area contributed by atoms with Gasteiger partial charge in [0.1, 0.15) is 5.82 Å². The minimum Gasteiger partial charge on any atom is -0.343 e. The highest BCUT2D eigenvalue weighted by molar-refractivity contribution is 5.92. The van der Waals surface area contributed by atoms with Crippen molar-refractivity contribution in [1.29, 1.82) is 0 Å². The fraction of sp³-hybridized carbons (Fsp3) is 0.467. The van der Waals surface area contributed by atoms with Crippen LogP contribution in [-0.4, -0.2) is 29.8 Å². The van der Waals surface area contributed by atoms with Crippen molar-refractivity contribution in [2.45, 2.75) is 26.7 Å². The van der Waals surface area contributed by atoms with Crippen LogP contribution in [0.4, 0.5) is 10.1 Å². The Balaban J connectivity index is 1.92. The van der Waals surface area contributed by atoms with Gasteiger partial charge in [0.05, 0.1) is 0 Å². The highest BCUT2D eigenvalue weighted by Gasteiger charge is 2.26. The number of aryl methyl sites for hydroxylation is 1. The van der Waals surface area contributed by atoms with Gasteiger partial charge < -0.3 is 10.2 Å². The van der Waals surface area contributed by atoms with Crippen LogP contribution in [0.25, 0.3) is 0 Å². The van der Waals surface area contributed by atoms with Crippen LogP contribution in [0, 0.1) is 18.7 Å². The Hall–Kier alpha value is -1.91. The average molecular weight is 278 g/mol. The molecule has 20 heavy (non-hydrogen) atoms. The first-order chi connectivity index (χ1) is 9.47. The molecule has 0 spiro atoms. The van der Waals surface area contributed by atoms with Gasteiger partial charge in [0, 0.05) is 31.6 Å². The molecule has 0 radical (unpaired) electrons. The smallest absolute Gasteiger partial charge is 0.227 e. The van der Waals surface area contributed by atoms with E-state index < -0.39 is 0 Å². The number of carbonyl (C=O) groups excluding carboxylic acids is 2. The summed E-state index contributed by atoms with van der Waals surface area (Å²) in [5.74, 6) is -0.369. The van der Waals surface area contributed by atoms with E-state index in [1.54, 1.807) is 30.9 Å². The second-order valence-electron chi connectivity index (χ2n) is 5.23. The standard InChI is InChI=1S/C15H19FN2O2/c1-10-9-13(3-4-14(10)16)17-15(20)12-5-7-18(8-6-12)11(2)19/h3-4,9,12H,5-8H2,1-2H3,(H,17,20). The summed E-state index contributed by atoms with van der Waals surface area (Å²) in [5.41, 5.74) is 1.12. The maximum atomic E-state index is 13.2. The van der Waals surface area contributed by atoms with Crippen LogP contribution in [-0.2, 0) is 9.59 Å². The Kier molecular flexibility index (Phi) is 4.37. The molecule has 5 heteroatoms. The molecule has 0 unspecified atom stereocenters. The van der Waals surface area contributed by atoms with Crippen LogP contribution in [0.3, 0.4) is 0 Å². The van der Waals surface area contributed by atoms with E-state index in [-0.39, 0.29) is 23.5 Å². The molecule has 1 aliphatic heterocycles. The maximum absolute atomic E-state index is 13.2. The largest absolute Gasteiger partial charge is 0.343 e. The Bertz CT molecular complexity index is 523. The zero-order valence-electron chi connectivity index (χ0n) is 11.8. The van der Waals surface area contributed by atoms with E-state index in [9.17, 15) is 14.0 Å². The first kappa shape index (κ1) is 14.5. The number of benzene rings is 1. The number of piperidine rings is 1. The molecule has 1 aromatic carbocycles. The zero-order valence-corrected chi connectivity index (χ0v) is 11.8. The number of carbonyl (C=O) groups is 2. The quantitative estimate of drug-likeness (QED) is 0.902. The topological polar surface area (TPSA) is 49.4 Å². The Morgan fingerprint density at radius 1 is 1.30 bits per heavy atom. The lowest BCUT2D eigenvalue weighted by Gasteiger charge is -2.30. The first-order valence-electron chi connectivity index (χ1n) is 6.80. The number of anilines is 1. The van der Waals surface area contributed by atoms with Crippen LogP contribution in [0.2, 0.25) is 0 Å². The molecule has 0 atom stereocenters. The second-order valence-corrected chi connectivity index (χ2v) is 5.23. The van der Waals surface area contributed by atoms with Gasteiger partial charge in [-0.15, -0.1) is 0 Å². The first-order valence-corrected chi connectivity index (χ1v) is 6.80. The number of hydrogen-bond acceptors (Lipinski definition) is 2. The van der Waals surface area contributed by atoms with Crippen molar-refractivity contribution in [3.05, 3.63) is 29.6 Å². The summed E-state index contributed by atoms with van der Waals surface area (Å²) < 4.78 is 13.2. The van der Waals surface area contributed by atoms with Crippen LogP contribution in [0.5, 0.6) is 0 Å². The molecule has 1 saturated heterocycles. The average Bonchev–Trinajstić information content (AvgIpc) is 2.43. The molecule has 2 rings (SSSR count). The van der Waals surface area contributed by atoms with Gasteiger partial charge in [-0.1, -0.05) is 0 Å². The number of nitrogens with zero attached hydrogens (tertiary/aromatic N) is 1. The molecule has 1 aliphatic rings.